The molecule has 1 aliphatic carbocycles. The lowest BCUT2D eigenvalue weighted by atomic mass is 9.97. The highest BCUT2D eigenvalue weighted by Gasteiger charge is 2.19. The van der Waals surface area contributed by atoms with Crippen molar-refractivity contribution in [2.24, 2.45) is 0 Å². The molecule has 0 bridgehead atoms. The fraction of sp³-hybridized carbons (Fsp3) is 0.227. The van der Waals surface area contributed by atoms with Gasteiger partial charge in [-0.1, -0.05) is 54.2 Å². The molecule has 5 rings (SSSR count). The molecule has 4 aromatic rings. The smallest absolute Gasteiger partial charge is 0.160 e. The molecule has 2 heterocycles. The highest BCUT2D eigenvalue weighted by molar-refractivity contribution is 7.98. The van der Waals surface area contributed by atoms with E-state index in [1.807, 2.05) is 36.4 Å². The lowest BCUT2D eigenvalue weighted by Crippen LogP contribution is -2.10. The molecule has 0 saturated heterocycles. The first-order valence-electron chi connectivity index (χ1n) is 9.38. The third kappa shape index (κ3) is 3.35. The Morgan fingerprint density at radius 2 is 1.67 bits per heavy atom. The molecule has 0 radical (unpaired) electrons. The zero-order chi connectivity index (χ0) is 18.1. The Kier molecular flexibility index (Phi) is 4.38. The van der Waals surface area contributed by atoms with Crippen LogP contribution >= 0.6 is 11.8 Å². The molecule has 2 aromatic heterocycles. The minimum atomic E-state index is 0.784. The fourth-order valence-electron chi connectivity index (χ4n) is 3.61. The molecule has 4 nitrogen and oxygen atoms in total. The van der Waals surface area contributed by atoms with E-state index in [4.69, 9.17) is 15.0 Å². The van der Waals surface area contributed by atoms with Crippen LogP contribution in [0.4, 0.5) is 0 Å². The van der Waals surface area contributed by atoms with Crippen molar-refractivity contribution in [2.45, 2.75) is 36.5 Å². The molecular weight excluding hydrogens is 352 g/mol. The first-order valence-corrected chi connectivity index (χ1v) is 10.4. The molecule has 1 N–H and O–H groups in total. The van der Waals surface area contributed by atoms with Gasteiger partial charge in [-0.3, -0.25) is 0 Å². The third-order valence-electron chi connectivity index (χ3n) is 4.96. The summed E-state index contributed by atoms with van der Waals surface area (Å²) < 4.78 is 0. The molecule has 0 amide bonds. The number of aromatic amines is 1. The number of para-hydroxylation sites is 2. The Morgan fingerprint density at radius 3 is 2.56 bits per heavy atom. The van der Waals surface area contributed by atoms with E-state index in [2.05, 4.69) is 23.2 Å². The van der Waals surface area contributed by atoms with Crippen LogP contribution in [0.2, 0.25) is 0 Å². The predicted molar refractivity (Wildman–Crippen MR) is 110 cm³/mol. The predicted octanol–water partition coefficient (Wildman–Crippen LogP) is 5.19. The second-order valence-corrected chi connectivity index (χ2v) is 7.80. The summed E-state index contributed by atoms with van der Waals surface area (Å²) in [5, 5.41) is 1.11. The second kappa shape index (κ2) is 7.16. The van der Waals surface area contributed by atoms with Gasteiger partial charge in [0, 0.05) is 16.8 Å². The number of imidazole rings is 1. The molecule has 0 atom stereocenters. The summed E-state index contributed by atoms with van der Waals surface area (Å²) in [6.45, 7) is 0. The van der Waals surface area contributed by atoms with Gasteiger partial charge in [-0.25, -0.2) is 15.0 Å². The third-order valence-corrected chi connectivity index (χ3v) is 5.99. The van der Waals surface area contributed by atoms with Crippen molar-refractivity contribution >= 4 is 22.8 Å². The quantitative estimate of drug-likeness (QED) is 0.396. The highest BCUT2D eigenvalue weighted by Crippen LogP contribution is 2.32. The van der Waals surface area contributed by atoms with Crippen LogP contribution in [0.25, 0.3) is 22.4 Å². The lowest BCUT2D eigenvalue weighted by Gasteiger charge is -2.18. The summed E-state index contributed by atoms with van der Waals surface area (Å²) in [7, 11) is 0. The standard InChI is InChI=1S/C22H20N4S/c1-2-8-15(9-3-1)21-25-17-11-5-4-10-16(17)22(26-21)27-14-20-23-18-12-6-7-13-19(18)24-20/h1-3,6-9,12-13H,4-5,10-11,14H2,(H,23,24). The van der Waals surface area contributed by atoms with Crippen molar-refractivity contribution in [1.82, 2.24) is 19.9 Å². The van der Waals surface area contributed by atoms with Crippen molar-refractivity contribution < 1.29 is 0 Å². The molecule has 27 heavy (non-hydrogen) atoms. The number of nitrogens with zero attached hydrogens (tertiary/aromatic N) is 3. The summed E-state index contributed by atoms with van der Waals surface area (Å²) >= 11 is 1.77. The number of nitrogens with one attached hydrogen (secondary N) is 1. The van der Waals surface area contributed by atoms with Crippen LogP contribution in [0.1, 0.15) is 29.9 Å². The Hall–Kier alpha value is -2.66. The molecule has 5 heteroatoms. The van der Waals surface area contributed by atoms with Gasteiger partial charge >= 0.3 is 0 Å². The first-order chi connectivity index (χ1) is 13.4. The van der Waals surface area contributed by atoms with Gasteiger partial charge in [-0.05, 0) is 37.8 Å². The number of fused-ring (bicyclic) bond motifs is 2. The van der Waals surface area contributed by atoms with Gasteiger partial charge in [0.25, 0.3) is 0 Å². The molecule has 1 aliphatic rings. The fourth-order valence-corrected chi connectivity index (χ4v) is 4.56. The van der Waals surface area contributed by atoms with E-state index in [0.29, 0.717) is 0 Å². The highest BCUT2D eigenvalue weighted by atomic mass is 32.2. The number of thioether (sulfide) groups is 1. The number of rotatable bonds is 4. The van der Waals surface area contributed by atoms with E-state index in [1.165, 1.54) is 24.1 Å². The molecule has 2 aromatic carbocycles. The Bertz CT molecular complexity index is 1060. The molecule has 0 fully saturated rings. The number of hydrogen-bond acceptors (Lipinski definition) is 4. The van der Waals surface area contributed by atoms with Crippen LogP contribution in [0.15, 0.2) is 59.6 Å². The van der Waals surface area contributed by atoms with Gasteiger partial charge in [0.05, 0.1) is 16.8 Å². The van der Waals surface area contributed by atoms with Crippen molar-refractivity contribution in [2.75, 3.05) is 0 Å². The molecule has 134 valence electrons. The topological polar surface area (TPSA) is 54.5 Å². The van der Waals surface area contributed by atoms with Crippen LogP contribution in [-0.2, 0) is 18.6 Å². The van der Waals surface area contributed by atoms with Crippen LogP contribution < -0.4 is 0 Å². The normalized spacial score (nSPS) is 13.6. The Labute approximate surface area is 162 Å². The average molecular weight is 372 g/mol. The minimum absolute atomic E-state index is 0.784. The zero-order valence-corrected chi connectivity index (χ0v) is 15.8. The van der Waals surface area contributed by atoms with Crippen LogP contribution in [0.3, 0.4) is 0 Å². The number of benzene rings is 2. The van der Waals surface area contributed by atoms with Crippen LogP contribution in [-0.4, -0.2) is 19.9 Å². The Balaban J connectivity index is 1.48. The molecule has 0 spiro atoms. The van der Waals surface area contributed by atoms with Crippen LogP contribution in [0.5, 0.6) is 0 Å². The van der Waals surface area contributed by atoms with E-state index in [9.17, 15) is 0 Å². The maximum absolute atomic E-state index is 4.94. The van der Waals surface area contributed by atoms with Gasteiger partial charge < -0.3 is 4.98 Å². The SMILES string of the molecule is c1ccc(-c2nc3c(c(SCc4nc5ccccc5[nH]4)n2)CCCC3)cc1. The molecule has 0 saturated carbocycles. The van der Waals surface area contributed by atoms with Gasteiger partial charge in [-0.2, -0.15) is 0 Å². The second-order valence-electron chi connectivity index (χ2n) is 6.84. The minimum Gasteiger partial charge on any atom is -0.341 e. The van der Waals surface area contributed by atoms with Crippen molar-refractivity contribution in [1.29, 1.82) is 0 Å². The number of aromatic nitrogens is 4. The largest absolute Gasteiger partial charge is 0.341 e. The van der Waals surface area contributed by atoms with Crippen molar-refractivity contribution in [3.8, 4) is 11.4 Å². The Morgan fingerprint density at radius 1 is 0.852 bits per heavy atom. The van der Waals surface area contributed by atoms with Crippen LogP contribution in [0, 0.1) is 0 Å². The van der Waals surface area contributed by atoms with Gasteiger partial charge in [-0.15, -0.1) is 0 Å². The zero-order valence-electron chi connectivity index (χ0n) is 15.0. The van der Waals surface area contributed by atoms with E-state index in [0.717, 1.165) is 51.9 Å². The summed E-state index contributed by atoms with van der Waals surface area (Å²) in [5.74, 6) is 2.61. The number of H-pyrrole nitrogens is 1. The van der Waals surface area contributed by atoms with E-state index < -0.39 is 0 Å². The van der Waals surface area contributed by atoms with Gasteiger partial charge in [0.1, 0.15) is 10.9 Å². The maximum Gasteiger partial charge on any atom is 0.160 e. The van der Waals surface area contributed by atoms with E-state index in [-0.39, 0.29) is 0 Å². The molecule has 0 unspecified atom stereocenters. The summed E-state index contributed by atoms with van der Waals surface area (Å²) in [6, 6.07) is 18.4. The van der Waals surface area contributed by atoms with E-state index in [1.54, 1.807) is 11.8 Å². The van der Waals surface area contributed by atoms with Crippen molar-refractivity contribution in [3.05, 3.63) is 71.7 Å². The average Bonchev–Trinajstić information content (AvgIpc) is 3.15. The van der Waals surface area contributed by atoms with E-state index >= 15 is 0 Å². The summed E-state index contributed by atoms with van der Waals surface area (Å²) in [4.78, 5) is 17.9. The summed E-state index contributed by atoms with van der Waals surface area (Å²) in [6.07, 6.45) is 4.56. The van der Waals surface area contributed by atoms with Crippen molar-refractivity contribution in [3.63, 3.8) is 0 Å². The summed E-state index contributed by atoms with van der Waals surface area (Å²) in [5.41, 5.74) is 5.74. The van der Waals surface area contributed by atoms with Gasteiger partial charge in [0.2, 0.25) is 0 Å². The van der Waals surface area contributed by atoms with Gasteiger partial charge in [0.15, 0.2) is 5.82 Å². The lowest BCUT2D eigenvalue weighted by molar-refractivity contribution is 0.647. The molecular formula is C22H20N4S. The number of aryl methyl sites for hydroxylation is 1. The number of hydrogen-bond donors (Lipinski definition) is 1. The maximum atomic E-state index is 4.94. The molecule has 0 aliphatic heterocycles. The first kappa shape index (κ1) is 16.5. The monoisotopic (exact) mass is 372 g/mol.